The van der Waals surface area contributed by atoms with Crippen LogP contribution in [0, 0.1) is 5.92 Å². The van der Waals surface area contributed by atoms with Crippen molar-refractivity contribution in [3.05, 3.63) is 47.8 Å². The number of hydrogen-bond donors (Lipinski definition) is 2. The first-order chi connectivity index (χ1) is 15.8. The number of amides is 3. The van der Waals surface area contributed by atoms with Crippen molar-refractivity contribution >= 4 is 17.7 Å². The number of nitrogens with one attached hydrogen (secondary N) is 2. The number of piperidine rings is 1. The highest BCUT2D eigenvalue weighted by Gasteiger charge is 2.32. The topological polar surface area (TPSA) is 106 Å². The van der Waals surface area contributed by atoms with E-state index in [1.165, 1.54) is 6.20 Å². The third-order valence-corrected chi connectivity index (χ3v) is 5.76. The van der Waals surface area contributed by atoms with Crippen LogP contribution in [0.3, 0.4) is 0 Å². The first-order valence-corrected chi connectivity index (χ1v) is 11.4. The molecule has 3 amide bonds. The van der Waals surface area contributed by atoms with Crippen LogP contribution in [0.5, 0.6) is 5.75 Å². The molecule has 1 aromatic carbocycles. The Morgan fingerprint density at radius 3 is 2.30 bits per heavy atom. The molecule has 1 aliphatic heterocycles. The van der Waals surface area contributed by atoms with E-state index in [0.717, 1.165) is 0 Å². The van der Waals surface area contributed by atoms with Crippen molar-refractivity contribution in [3.63, 3.8) is 0 Å². The summed E-state index contributed by atoms with van der Waals surface area (Å²) in [4.78, 5) is 40.1. The molecule has 9 heteroatoms. The van der Waals surface area contributed by atoms with Gasteiger partial charge in [-0.15, -0.1) is 0 Å². The summed E-state index contributed by atoms with van der Waals surface area (Å²) in [5.74, 6) is 0.0942. The molecule has 2 N–H and O–H groups in total. The summed E-state index contributed by atoms with van der Waals surface area (Å²) in [7, 11) is 1.76. The molecule has 178 valence electrons. The fourth-order valence-electron chi connectivity index (χ4n) is 3.86. The molecule has 1 atom stereocenters. The van der Waals surface area contributed by atoms with E-state index < -0.39 is 6.04 Å². The SMILES string of the molecule is CCOc1ccc(C(=O)NC(C(=O)N2CCC(NC(=O)c3cnn(C)c3)CC2)C(C)C)cc1. The van der Waals surface area contributed by atoms with Gasteiger partial charge in [0.2, 0.25) is 5.91 Å². The van der Waals surface area contributed by atoms with Gasteiger partial charge in [-0.3, -0.25) is 19.1 Å². The van der Waals surface area contributed by atoms with Gasteiger partial charge in [0.25, 0.3) is 11.8 Å². The lowest BCUT2D eigenvalue weighted by Crippen LogP contribution is -2.54. The highest BCUT2D eigenvalue weighted by atomic mass is 16.5. The zero-order valence-corrected chi connectivity index (χ0v) is 19.7. The Morgan fingerprint density at radius 1 is 1.09 bits per heavy atom. The van der Waals surface area contributed by atoms with Crippen molar-refractivity contribution in [2.24, 2.45) is 13.0 Å². The van der Waals surface area contributed by atoms with Crippen LogP contribution in [0.15, 0.2) is 36.7 Å². The van der Waals surface area contributed by atoms with E-state index in [-0.39, 0.29) is 29.7 Å². The van der Waals surface area contributed by atoms with E-state index in [9.17, 15) is 14.4 Å². The van der Waals surface area contributed by atoms with Crippen molar-refractivity contribution in [1.29, 1.82) is 0 Å². The van der Waals surface area contributed by atoms with Crippen molar-refractivity contribution in [2.45, 2.75) is 45.7 Å². The van der Waals surface area contributed by atoms with Crippen LogP contribution in [0.2, 0.25) is 0 Å². The Kier molecular flexibility index (Phi) is 8.08. The van der Waals surface area contributed by atoms with Gasteiger partial charge >= 0.3 is 0 Å². The molecule has 1 aromatic heterocycles. The average Bonchev–Trinajstić information content (AvgIpc) is 3.24. The quantitative estimate of drug-likeness (QED) is 0.633. The lowest BCUT2D eigenvalue weighted by molar-refractivity contribution is -0.135. The third-order valence-electron chi connectivity index (χ3n) is 5.76. The number of likely N-dealkylation sites (tertiary alicyclic amines) is 1. The smallest absolute Gasteiger partial charge is 0.254 e. The molecule has 0 radical (unpaired) electrons. The van der Waals surface area contributed by atoms with Gasteiger partial charge in [0.1, 0.15) is 11.8 Å². The summed E-state index contributed by atoms with van der Waals surface area (Å²) >= 11 is 0. The Balaban J connectivity index is 1.54. The molecule has 0 saturated carbocycles. The maximum Gasteiger partial charge on any atom is 0.254 e. The van der Waals surface area contributed by atoms with Crippen LogP contribution < -0.4 is 15.4 Å². The minimum Gasteiger partial charge on any atom is -0.494 e. The van der Waals surface area contributed by atoms with E-state index in [4.69, 9.17) is 4.74 Å². The van der Waals surface area contributed by atoms with E-state index in [1.807, 2.05) is 20.8 Å². The highest BCUT2D eigenvalue weighted by molar-refractivity contribution is 5.97. The first-order valence-electron chi connectivity index (χ1n) is 11.4. The van der Waals surface area contributed by atoms with E-state index in [1.54, 1.807) is 47.1 Å². The number of benzene rings is 1. The number of carbonyl (C=O) groups is 3. The predicted octanol–water partition coefficient (Wildman–Crippen LogP) is 1.99. The molecule has 1 fully saturated rings. The van der Waals surface area contributed by atoms with Crippen molar-refractivity contribution in [2.75, 3.05) is 19.7 Å². The molecule has 0 spiro atoms. The lowest BCUT2D eigenvalue weighted by Gasteiger charge is -2.35. The van der Waals surface area contributed by atoms with Crippen LogP contribution in [0.25, 0.3) is 0 Å². The largest absolute Gasteiger partial charge is 0.494 e. The van der Waals surface area contributed by atoms with Gasteiger partial charge in [-0.25, -0.2) is 0 Å². The molecule has 3 rings (SSSR count). The summed E-state index contributed by atoms with van der Waals surface area (Å²) in [6.07, 6.45) is 4.54. The number of aromatic nitrogens is 2. The fourth-order valence-corrected chi connectivity index (χ4v) is 3.86. The number of ether oxygens (including phenoxy) is 1. The van der Waals surface area contributed by atoms with Gasteiger partial charge in [-0.1, -0.05) is 13.8 Å². The highest BCUT2D eigenvalue weighted by Crippen LogP contribution is 2.17. The molecule has 1 saturated heterocycles. The molecule has 1 aliphatic rings. The summed E-state index contributed by atoms with van der Waals surface area (Å²) in [5.41, 5.74) is 1.00. The average molecular weight is 456 g/mol. The van der Waals surface area contributed by atoms with Crippen molar-refractivity contribution < 1.29 is 19.1 Å². The second-order valence-corrected chi connectivity index (χ2v) is 8.63. The number of rotatable bonds is 8. The van der Waals surface area contributed by atoms with Crippen molar-refractivity contribution in [1.82, 2.24) is 25.3 Å². The second kappa shape index (κ2) is 11.0. The first kappa shape index (κ1) is 24.3. The second-order valence-electron chi connectivity index (χ2n) is 8.63. The standard InChI is InChI=1S/C24H33N5O4/c1-5-33-20-8-6-17(7-9-20)22(30)27-21(16(2)3)24(32)29-12-10-19(11-13-29)26-23(31)18-14-25-28(4)15-18/h6-9,14-16,19,21H,5,10-13H2,1-4H3,(H,26,31)(H,27,30). The molecule has 2 heterocycles. The predicted molar refractivity (Wildman–Crippen MR) is 124 cm³/mol. The zero-order chi connectivity index (χ0) is 24.0. The maximum absolute atomic E-state index is 13.2. The molecule has 33 heavy (non-hydrogen) atoms. The monoisotopic (exact) mass is 455 g/mol. The maximum atomic E-state index is 13.2. The van der Waals surface area contributed by atoms with Crippen LogP contribution in [-0.2, 0) is 11.8 Å². The summed E-state index contributed by atoms with van der Waals surface area (Å²) in [6.45, 7) is 7.35. The number of nitrogens with zero attached hydrogens (tertiary/aromatic N) is 3. The Hall–Kier alpha value is -3.36. The minimum absolute atomic E-state index is 0.00213. The molecule has 0 aliphatic carbocycles. The third kappa shape index (κ3) is 6.34. The van der Waals surface area contributed by atoms with Gasteiger partial charge in [-0.2, -0.15) is 5.10 Å². The van der Waals surface area contributed by atoms with E-state index in [0.29, 0.717) is 49.4 Å². The Labute approximate surface area is 194 Å². The van der Waals surface area contributed by atoms with Crippen LogP contribution in [0.1, 0.15) is 54.3 Å². The number of carbonyl (C=O) groups excluding carboxylic acids is 3. The number of aryl methyl sites for hydroxylation is 1. The van der Waals surface area contributed by atoms with E-state index >= 15 is 0 Å². The Morgan fingerprint density at radius 2 is 1.76 bits per heavy atom. The minimum atomic E-state index is -0.620. The van der Waals surface area contributed by atoms with Gasteiger partial charge in [0.15, 0.2) is 0 Å². The molecular weight excluding hydrogens is 422 g/mol. The lowest BCUT2D eigenvalue weighted by atomic mass is 9.99. The molecular formula is C24H33N5O4. The Bertz CT molecular complexity index is 961. The zero-order valence-electron chi connectivity index (χ0n) is 19.7. The number of hydrogen-bond acceptors (Lipinski definition) is 5. The van der Waals surface area contributed by atoms with Gasteiger partial charge in [-0.05, 0) is 49.9 Å². The molecule has 9 nitrogen and oxygen atoms in total. The summed E-state index contributed by atoms with van der Waals surface area (Å²) in [6, 6.07) is 6.25. The normalized spacial score (nSPS) is 15.2. The van der Waals surface area contributed by atoms with Gasteiger partial charge < -0.3 is 20.3 Å². The van der Waals surface area contributed by atoms with E-state index in [2.05, 4.69) is 15.7 Å². The molecule has 1 unspecified atom stereocenters. The van der Waals surface area contributed by atoms with Crippen LogP contribution >= 0.6 is 0 Å². The molecule has 0 bridgehead atoms. The van der Waals surface area contributed by atoms with Crippen LogP contribution in [-0.4, -0.2) is 64.2 Å². The summed E-state index contributed by atoms with van der Waals surface area (Å²) < 4.78 is 7.00. The van der Waals surface area contributed by atoms with Gasteiger partial charge in [0.05, 0.1) is 18.4 Å². The van der Waals surface area contributed by atoms with Crippen molar-refractivity contribution in [3.8, 4) is 5.75 Å². The fraction of sp³-hybridized carbons (Fsp3) is 0.500. The van der Waals surface area contributed by atoms with Crippen LogP contribution in [0.4, 0.5) is 0 Å². The molecule has 2 aromatic rings. The summed E-state index contributed by atoms with van der Waals surface area (Å²) in [5, 5.41) is 9.94. The van der Waals surface area contributed by atoms with Gasteiger partial charge in [0, 0.05) is 37.9 Å².